The SMILES string of the molecule is CCn1c(COc2ccc(C)cc2)nnc1C(S)c1noc(-c2cccc(Cl)c2)n1. The second-order valence-corrected chi connectivity index (χ2v) is 7.64. The van der Waals surface area contributed by atoms with Gasteiger partial charge in [-0.25, -0.2) is 0 Å². The molecule has 0 amide bonds. The van der Waals surface area contributed by atoms with Gasteiger partial charge in [-0.15, -0.1) is 10.2 Å². The Kier molecular flexibility index (Phi) is 6.06. The third kappa shape index (κ3) is 4.34. The molecule has 0 N–H and O–H groups in total. The van der Waals surface area contributed by atoms with Gasteiger partial charge < -0.3 is 13.8 Å². The van der Waals surface area contributed by atoms with Gasteiger partial charge in [0.2, 0.25) is 0 Å². The zero-order valence-electron chi connectivity index (χ0n) is 16.5. The summed E-state index contributed by atoms with van der Waals surface area (Å²) in [5, 5.41) is 12.7. The van der Waals surface area contributed by atoms with Crippen LogP contribution in [0.5, 0.6) is 5.75 Å². The number of hydrogen-bond donors (Lipinski definition) is 1. The molecule has 0 aliphatic heterocycles. The fraction of sp³-hybridized carbons (Fsp3) is 0.238. The van der Waals surface area contributed by atoms with E-state index in [1.165, 1.54) is 5.56 Å². The van der Waals surface area contributed by atoms with E-state index < -0.39 is 5.25 Å². The number of ether oxygens (including phenoxy) is 1. The van der Waals surface area contributed by atoms with Crippen molar-refractivity contribution in [2.24, 2.45) is 0 Å². The molecule has 154 valence electrons. The van der Waals surface area contributed by atoms with Crippen molar-refractivity contribution in [1.29, 1.82) is 0 Å². The van der Waals surface area contributed by atoms with Crippen molar-refractivity contribution < 1.29 is 9.26 Å². The fourth-order valence-electron chi connectivity index (χ4n) is 2.99. The van der Waals surface area contributed by atoms with Crippen molar-refractivity contribution in [3.8, 4) is 17.2 Å². The number of aryl methyl sites for hydroxylation is 1. The third-order valence-electron chi connectivity index (χ3n) is 4.56. The maximum Gasteiger partial charge on any atom is 0.258 e. The third-order valence-corrected chi connectivity index (χ3v) is 5.26. The molecule has 2 heterocycles. The maximum absolute atomic E-state index is 6.05. The van der Waals surface area contributed by atoms with Gasteiger partial charge in [0.25, 0.3) is 5.89 Å². The van der Waals surface area contributed by atoms with Gasteiger partial charge in [0.1, 0.15) is 17.6 Å². The summed E-state index contributed by atoms with van der Waals surface area (Å²) in [6.45, 7) is 5.00. The number of halogens is 1. The van der Waals surface area contributed by atoms with Gasteiger partial charge in [0.15, 0.2) is 17.5 Å². The van der Waals surface area contributed by atoms with Gasteiger partial charge in [0.05, 0.1) is 0 Å². The van der Waals surface area contributed by atoms with Crippen LogP contribution < -0.4 is 4.74 Å². The molecule has 0 saturated heterocycles. The predicted octanol–water partition coefficient (Wildman–Crippen LogP) is 4.91. The van der Waals surface area contributed by atoms with Gasteiger partial charge in [-0.1, -0.05) is 40.5 Å². The molecule has 9 heteroatoms. The number of thiol groups is 1. The largest absolute Gasteiger partial charge is 0.486 e. The Morgan fingerprint density at radius 3 is 2.70 bits per heavy atom. The monoisotopic (exact) mass is 441 g/mol. The molecule has 4 rings (SSSR count). The van der Waals surface area contributed by atoms with Crippen molar-refractivity contribution in [1.82, 2.24) is 24.9 Å². The first-order valence-electron chi connectivity index (χ1n) is 9.44. The molecule has 0 saturated carbocycles. The topological polar surface area (TPSA) is 78.9 Å². The van der Waals surface area contributed by atoms with Crippen LogP contribution in [0.25, 0.3) is 11.5 Å². The molecule has 2 aromatic carbocycles. The van der Waals surface area contributed by atoms with Crippen LogP contribution in [-0.2, 0) is 13.2 Å². The van der Waals surface area contributed by atoms with Crippen molar-refractivity contribution in [3.05, 3.63) is 76.6 Å². The van der Waals surface area contributed by atoms with Gasteiger partial charge in [0, 0.05) is 17.1 Å². The van der Waals surface area contributed by atoms with Crippen molar-refractivity contribution in [3.63, 3.8) is 0 Å². The Balaban J connectivity index is 1.53. The molecular formula is C21H20ClN5O2S. The Hall–Kier alpha value is -2.84. The number of rotatable bonds is 7. The van der Waals surface area contributed by atoms with Gasteiger partial charge in [-0.05, 0) is 44.2 Å². The average molecular weight is 442 g/mol. The highest BCUT2D eigenvalue weighted by atomic mass is 35.5. The van der Waals surface area contributed by atoms with E-state index in [0.29, 0.717) is 41.5 Å². The molecule has 1 unspecified atom stereocenters. The summed E-state index contributed by atoms with van der Waals surface area (Å²) in [6, 6.07) is 15.1. The van der Waals surface area contributed by atoms with Gasteiger partial charge in [-0.3, -0.25) is 0 Å². The Morgan fingerprint density at radius 1 is 1.17 bits per heavy atom. The van der Waals surface area contributed by atoms with Crippen LogP contribution in [-0.4, -0.2) is 24.9 Å². The van der Waals surface area contributed by atoms with E-state index >= 15 is 0 Å². The Labute approximate surface area is 184 Å². The summed E-state index contributed by atoms with van der Waals surface area (Å²) >= 11 is 10.7. The first kappa shape index (κ1) is 20.4. The van der Waals surface area contributed by atoms with E-state index in [2.05, 4.69) is 33.0 Å². The zero-order chi connectivity index (χ0) is 21.1. The fourth-order valence-corrected chi connectivity index (χ4v) is 3.47. The second kappa shape index (κ2) is 8.89. The van der Waals surface area contributed by atoms with Gasteiger partial charge >= 0.3 is 0 Å². The summed E-state index contributed by atoms with van der Waals surface area (Å²) in [7, 11) is 0. The van der Waals surface area contributed by atoms with Crippen LogP contribution in [0.2, 0.25) is 5.02 Å². The molecule has 0 fully saturated rings. The summed E-state index contributed by atoms with van der Waals surface area (Å²) in [4.78, 5) is 4.46. The van der Waals surface area contributed by atoms with Crippen LogP contribution >= 0.6 is 24.2 Å². The van der Waals surface area contributed by atoms with Crippen LogP contribution in [0.1, 0.15) is 35.2 Å². The molecule has 1 atom stereocenters. The lowest BCUT2D eigenvalue weighted by Crippen LogP contribution is -2.11. The lowest BCUT2D eigenvalue weighted by atomic mass is 10.2. The molecule has 0 bridgehead atoms. The number of aromatic nitrogens is 5. The lowest BCUT2D eigenvalue weighted by Gasteiger charge is -2.11. The number of hydrogen-bond acceptors (Lipinski definition) is 7. The summed E-state index contributed by atoms with van der Waals surface area (Å²) in [5.74, 6) is 2.88. The smallest absolute Gasteiger partial charge is 0.258 e. The predicted molar refractivity (Wildman–Crippen MR) is 117 cm³/mol. The summed E-state index contributed by atoms with van der Waals surface area (Å²) in [5.41, 5.74) is 1.92. The lowest BCUT2D eigenvalue weighted by molar-refractivity contribution is 0.289. The van der Waals surface area contributed by atoms with Crippen molar-refractivity contribution in [2.75, 3.05) is 0 Å². The van der Waals surface area contributed by atoms with Crippen LogP contribution in [0.3, 0.4) is 0 Å². The quantitative estimate of drug-likeness (QED) is 0.410. The zero-order valence-corrected chi connectivity index (χ0v) is 18.1. The molecule has 0 aliphatic carbocycles. The number of benzene rings is 2. The standard InChI is InChI=1S/C21H20ClN5O2S/c1-3-27-17(12-28-16-9-7-13(2)8-10-16)24-25-20(27)18(30)19-23-21(29-26-19)14-5-4-6-15(22)11-14/h4-11,18,30H,3,12H2,1-2H3. The molecule has 0 radical (unpaired) electrons. The Bertz CT molecular complexity index is 1140. The summed E-state index contributed by atoms with van der Waals surface area (Å²) in [6.07, 6.45) is 0. The maximum atomic E-state index is 6.05. The highest BCUT2D eigenvalue weighted by Crippen LogP contribution is 2.28. The Morgan fingerprint density at radius 2 is 1.97 bits per heavy atom. The van der Waals surface area contributed by atoms with E-state index in [1.54, 1.807) is 12.1 Å². The molecule has 7 nitrogen and oxygen atoms in total. The van der Waals surface area contributed by atoms with Crippen LogP contribution in [0, 0.1) is 6.92 Å². The first-order valence-corrected chi connectivity index (χ1v) is 10.3. The minimum Gasteiger partial charge on any atom is -0.486 e. The van der Waals surface area contributed by atoms with E-state index in [9.17, 15) is 0 Å². The molecule has 30 heavy (non-hydrogen) atoms. The first-order chi connectivity index (χ1) is 14.5. The van der Waals surface area contributed by atoms with E-state index in [1.807, 2.05) is 54.8 Å². The molecular weight excluding hydrogens is 422 g/mol. The molecule has 2 aromatic heterocycles. The minimum atomic E-state index is -0.498. The summed E-state index contributed by atoms with van der Waals surface area (Å²) < 4.78 is 13.2. The van der Waals surface area contributed by atoms with Gasteiger partial charge in [-0.2, -0.15) is 17.6 Å². The van der Waals surface area contributed by atoms with E-state index in [0.717, 1.165) is 11.3 Å². The number of nitrogens with zero attached hydrogens (tertiary/aromatic N) is 5. The van der Waals surface area contributed by atoms with Crippen LogP contribution in [0.4, 0.5) is 0 Å². The van der Waals surface area contributed by atoms with E-state index in [4.69, 9.17) is 20.9 Å². The molecule has 4 aromatic rings. The normalized spacial score (nSPS) is 12.1. The highest BCUT2D eigenvalue weighted by molar-refractivity contribution is 7.80. The molecule has 0 spiro atoms. The second-order valence-electron chi connectivity index (χ2n) is 6.69. The van der Waals surface area contributed by atoms with Crippen LogP contribution in [0.15, 0.2) is 53.1 Å². The van der Waals surface area contributed by atoms with Crippen molar-refractivity contribution in [2.45, 2.75) is 32.2 Å². The highest BCUT2D eigenvalue weighted by Gasteiger charge is 2.24. The van der Waals surface area contributed by atoms with E-state index in [-0.39, 0.29) is 0 Å². The molecule has 0 aliphatic rings. The average Bonchev–Trinajstić information content (AvgIpc) is 3.40. The minimum absolute atomic E-state index is 0.296. The van der Waals surface area contributed by atoms with Crippen molar-refractivity contribution >= 4 is 24.2 Å².